The Hall–Kier alpha value is -4.14. The first kappa shape index (κ1) is 23.0. The molecule has 3 amide bonds. The summed E-state index contributed by atoms with van der Waals surface area (Å²) in [5.74, 6) is -2.34. The maximum atomic E-state index is 14.2. The monoisotopic (exact) mass is 526 g/mol. The molecule has 8 nitrogen and oxygen atoms in total. The van der Waals surface area contributed by atoms with Gasteiger partial charge in [0.2, 0.25) is 17.7 Å². The first-order valence-electron chi connectivity index (χ1n) is 12.4. The molecule has 0 saturated carbocycles. The fourth-order valence-corrected chi connectivity index (χ4v) is 6.73. The van der Waals surface area contributed by atoms with Gasteiger partial charge >= 0.3 is 0 Å². The van der Waals surface area contributed by atoms with Crippen molar-refractivity contribution in [3.63, 3.8) is 0 Å². The van der Waals surface area contributed by atoms with E-state index < -0.39 is 29.3 Å². The highest BCUT2D eigenvalue weighted by Gasteiger charge is 2.70. The zero-order valence-electron chi connectivity index (χ0n) is 20.3. The Balaban J connectivity index is 1.38. The minimum Gasteiger partial charge on any atom is -0.497 e. The van der Waals surface area contributed by atoms with E-state index in [1.165, 1.54) is 12.0 Å². The van der Waals surface area contributed by atoms with Crippen LogP contribution in [0.1, 0.15) is 11.1 Å². The van der Waals surface area contributed by atoms with E-state index in [1.54, 1.807) is 42.5 Å². The number of halogens is 1. The van der Waals surface area contributed by atoms with Crippen molar-refractivity contribution in [2.75, 3.05) is 17.3 Å². The van der Waals surface area contributed by atoms with E-state index >= 15 is 0 Å². The summed E-state index contributed by atoms with van der Waals surface area (Å²) in [5, 5.41) is 7.79. The molecule has 1 aromatic heterocycles. The number of hydrogen-bond donors (Lipinski definition) is 3. The Morgan fingerprint density at radius 3 is 2.66 bits per heavy atom. The van der Waals surface area contributed by atoms with Crippen LogP contribution in [0.15, 0.2) is 72.9 Å². The van der Waals surface area contributed by atoms with Gasteiger partial charge in [-0.05, 0) is 36.2 Å². The predicted octanol–water partition coefficient (Wildman–Crippen LogP) is 4.00. The van der Waals surface area contributed by atoms with Crippen molar-refractivity contribution in [1.82, 2.24) is 10.3 Å². The highest BCUT2D eigenvalue weighted by molar-refractivity contribution is 6.35. The van der Waals surface area contributed by atoms with Gasteiger partial charge in [-0.1, -0.05) is 48.0 Å². The van der Waals surface area contributed by atoms with E-state index in [-0.39, 0.29) is 11.8 Å². The quantitative estimate of drug-likeness (QED) is 0.349. The first-order chi connectivity index (χ1) is 18.4. The zero-order valence-corrected chi connectivity index (χ0v) is 21.1. The van der Waals surface area contributed by atoms with Crippen LogP contribution in [0.2, 0.25) is 5.02 Å². The molecule has 4 aromatic rings. The number of amides is 3. The number of aromatic amines is 1. The lowest BCUT2D eigenvalue weighted by Crippen LogP contribution is -2.53. The molecule has 0 bridgehead atoms. The highest BCUT2D eigenvalue weighted by atomic mass is 35.5. The average Bonchev–Trinajstić information content (AvgIpc) is 3.64. The summed E-state index contributed by atoms with van der Waals surface area (Å²) in [7, 11) is 1.53. The van der Waals surface area contributed by atoms with Gasteiger partial charge in [-0.3, -0.25) is 19.7 Å². The van der Waals surface area contributed by atoms with Gasteiger partial charge in [0.25, 0.3) is 0 Å². The van der Waals surface area contributed by atoms with Crippen LogP contribution in [0.5, 0.6) is 5.75 Å². The normalized spacial score (nSPS) is 25.8. The molecule has 2 fully saturated rings. The van der Waals surface area contributed by atoms with Gasteiger partial charge in [0.05, 0.1) is 35.3 Å². The average molecular weight is 527 g/mol. The standard InChI is InChI=1S/C29H23ClN4O4/c1-38-17-7-4-6-16(13-17)34-26(35)23-22(12-15-14-31-21-11-3-2-8-18(15)21)33-29(24(23)27(34)36)19-9-5-10-20(30)25(19)32-28(29)37/h2-11,13-14,22-24,31,33H,12H2,1H3,(H,32,37)/t22-,23-,24-,29+/m0/s1. The molecule has 0 radical (unpaired) electrons. The number of hydrogen-bond acceptors (Lipinski definition) is 5. The van der Waals surface area contributed by atoms with Gasteiger partial charge < -0.3 is 15.0 Å². The third-order valence-electron chi connectivity index (χ3n) is 8.13. The number of fused-ring (bicyclic) bond motifs is 5. The van der Waals surface area contributed by atoms with Crippen molar-refractivity contribution in [3.05, 3.63) is 89.1 Å². The van der Waals surface area contributed by atoms with Gasteiger partial charge in [0.1, 0.15) is 11.3 Å². The Labute approximate surface area is 222 Å². The SMILES string of the molecule is COc1cccc(N2C(=O)[C@H]3[C@H](Cc4c[nH]c5ccccc45)N[C@@]4(C(=O)Nc5c(Cl)cccc54)[C@@H]3C2=O)c1. The van der Waals surface area contributed by atoms with Crippen LogP contribution in [0.3, 0.4) is 0 Å². The largest absolute Gasteiger partial charge is 0.497 e. The first-order valence-corrected chi connectivity index (χ1v) is 12.8. The maximum Gasteiger partial charge on any atom is 0.250 e. The van der Waals surface area contributed by atoms with Gasteiger partial charge in [-0.15, -0.1) is 0 Å². The summed E-state index contributed by atoms with van der Waals surface area (Å²) < 4.78 is 5.34. The summed E-state index contributed by atoms with van der Waals surface area (Å²) in [6.45, 7) is 0. The fraction of sp³-hybridized carbons (Fsp3) is 0.207. The van der Waals surface area contributed by atoms with E-state index in [4.69, 9.17) is 16.3 Å². The molecule has 1 spiro atoms. The molecule has 38 heavy (non-hydrogen) atoms. The summed E-state index contributed by atoms with van der Waals surface area (Å²) in [5.41, 5.74) is 2.02. The Bertz CT molecular complexity index is 1670. The van der Waals surface area contributed by atoms with Crippen LogP contribution < -0.4 is 20.3 Å². The highest BCUT2D eigenvalue weighted by Crippen LogP contribution is 2.55. The van der Waals surface area contributed by atoms with Gasteiger partial charge in [-0.25, -0.2) is 4.90 Å². The van der Waals surface area contributed by atoms with E-state index in [0.29, 0.717) is 34.1 Å². The molecule has 2 saturated heterocycles. The molecule has 0 aliphatic carbocycles. The summed E-state index contributed by atoms with van der Waals surface area (Å²) in [6.07, 6.45) is 2.37. The minimum atomic E-state index is -1.43. The van der Waals surface area contributed by atoms with Crippen LogP contribution >= 0.6 is 11.6 Å². The van der Waals surface area contributed by atoms with Crippen molar-refractivity contribution in [1.29, 1.82) is 0 Å². The number of nitrogens with zero attached hydrogens (tertiary/aromatic N) is 1. The molecule has 7 rings (SSSR count). The predicted molar refractivity (Wildman–Crippen MR) is 143 cm³/mol. The molecule has 3 aliphatic heterocycles. The molecule has 190 valence electrons. The summed E-state index contributed by atoms with van der Waals surface area (Å²) in [4.78, 5) is 46.5. The van der Waals surface area contributed by atoms with Crippen molar-refractivity contribution < 1.29 is 19.1 Å². The number of anilines is 2. The lowest BCUT2D eigenvalue weighted by Gasteiger charge is -2.29. The number of imide groups is 1. The number of carbonyl (C=O) groups excluding carboxylic acids is 3. The van der Waals surface area contributed by atoms with Crippen LogP contribution in [-0.4, -0.2) is 35.9 Å². The molecule has 9 heteroatoms. The topological polar surface area (TPSA) is 104 Å². The number of methoxy groups -OCH3 is 1. The number of nitrogens with one attached hydrogen (secondary N) is 3. The van der Waals surface area contributed by atoms with Gasteiger partial charge in [0.15, 0.2) is 0 Å². The minimum absolute atomic E-state index is 0.342. The molecular formula is C29H23ClN4O4. The zero-order chi connectivity index (χ0) is 26.2. The van der Waals surface area contributed by atoms with Crippen LogP contribution in [0.25, 0.3) is 10.9 Å². The number of rotatable bonds is 4. The summed E-state index contributed by atoms with van der Waals surface area (Å²) in [6, 6.07) is 19.5. The van der Waals surface area contributed by atoms with Crippen LogP contribution in [0.4, 0.5) is 11.4 Å². The maximum absolute atomic E-state index is 14.2. The molecule has 4 heterocycles. The van der Waals surface area contributed by atoms with Gasteiger partial charge in [0, 0.05) is 34.8 Å². The van der Waals surface area contributed by atoms with Crippen LogP contribution in [-0.2, 0) is 26.3 Å². The number of carbonyl (C=O) groups is 3. The number of ether oxygens (including phenoxy) is 1. The van der Waals surface area contributed by atoms with E-state index in [9.17, 15) is 14.4 Å². The van der Waals surface area contributed by atoms with Crippen LogP contribution in [0, 0.1) is 11.8 Å². The van der Waals surface area contributed by atoms with Crippen molar-refractivity contribution in [2.24, 2.45) is 11.8 Å². The summed E-state index contributed by atoms with van der Waals surface area (Å²) >= 11 is 6.46. The fourth-order valence-electron chi connectivity index (χ4n) is 6.51. The smallest absolute Gasteiger partial charge is 0.250 e. The lowest BCUT2D eigenvalue weighted by molar-refractivity contribution is -0.130. The third-order valence-corrected chi connectivity index (χ3v) is 8.44. The Kier molecular flexibility index (Phi) is 4.95. The van der Waals surface area contributed by atoms with E-state index in [0.717, 1.165) is 16.5 Å². The second kappa shape index (κ2) is 8.18. The third kappa shape index (κ3) is 2.98. The number of para-hydroxylation sites is 2. The molecule has 4 atom stereocenters. The second-order valence-corrected chi connectivity index (χ2v) is 10.4. The molecular weight excluding hydrogens is 504 g/mol. The van der Waals surface area contributed by atoms with E-state index in [1.807, 2.05) is 30.5 Å². The number of H-pyrrole nitrogens is 1. The van der Waals surface area contributed by atoms with Crippen molar-refractivity contribution in [3.8, 4) is 5.75 Å². The van der Waals surface area contributed by atoms with Crippen molar-refractivity contribution >= 4 is 51.6 Å². The van der Waals surface area contributed by atoms with E-state index in [2.05, 4.69) is 15.6 Å². The number of aromatic nitrogens is 1. The lowest BCUT2D eigenvalue weighted by atomic mass is 9.76. The van der Waals surface area contributed by atoms with Gasteiger partial charge in [-0.2, -0.15) is 0 Å². The number of benzene rings is 3. The molecule has 3 N–H and O–H groups in total. The molecule has 3 aliphatic rings. The molecule has 0 unspecified atom stereocenters. The second-order valence-electron chi connectivity index (χ2n) is 9.96. The molecule has 3 aromatic carbocycles. The van der Waals surface area contributed by atoms with Crippen molar-refractivity contribution in [2.45, 2.75) is 18.0 Å². The Morgan fingerprint density at radius 1 is 1.00 bits per heavy atom. The Morgan fingerprint density at radius 2 is 1.82 bits per heavy atom.